The summed E-state index contributed by atoms with van der Waals surface area (Å²) in [4.78, 5) is 27.5. The lowest BCUT2D eigenvalue weighted by atomic mass is 12.9. The molecule has 0 amide bonds. The maximum atomic E-state index is 9.65. The van der Waals surface area contributed by atoms with Crippen LogP contribution in [-0.2, 0) is 4.53 Å². The van der Waals surface area contributed by atoms with E-state index in [0.717, 1.165) is 0 Å². The van der Waals surface area contributed by atoms with E-state index in [1.165, 1.54) is 0 Å². The number of rotatable bonds is 2. The maximum absolute atomic E-state index is 9.65. The van der Waals surface area contributed by atoms with Gasteiger partial charge in [-0.25, -0.2) is 0 Å². The highest BCUT2D eigenvalue weighted by Crippen LogP contribution is 1.80. The van der Waals surface area contributed by atoms with Gasteiger partial charge >= 0.3 is 14.3 Å². The molecule has 0 rings (SSSR count). The first-order valence-corrected chi connectivity index (χ1v) is 3.17. The van der Waals surface area contributed by atoms with Crippen molar-refractivity contribution >= 4 is 9.05 Å². The Hall–Kier alpha value is -0.793. The summed E-state index contributed by atoms with van der Waals surface area (Å²) in [6, 6.07) is 0. The molecule has 8 heteroatoms. The van der Waals surface area contributed by atoms with Crippen molar-refractivity contribution < 1.29 is 18.9 Å². The Morgan fingerprint density at radius 3 is 2.38 bits per heavy atom. The summed E-state index contributed by atoms with van der Waals surface area (Å²) in [5.74, 6) is 0. The molecule has 8 heavy (non-hydrogen) atoms. The molecule has 0 fully saturated rings. The lowest BCUT2D eigenvalue weighted by Gasteiger charge is -2.13. The van der Waals surface area contributed by atoms with E-state index in [1.807, 2.05) is 0 Å². The van der Waals surface area contributed by atoms with Gasteiger partial charge in [-0.3, -0.25) is 0 Å². The molecule has 46 valence electrons. The first-order valence-electron chi connectivity index (χ1n) is 1.46. The van der Waals surface area contributed by atoms with Crippen LogP contribution in [0.5, 0.6) is 0 Å². The molecular weight excluding hydrogens is 134 g/mol. The van der Waals surface area contributed by atoms with Gasteiger partial charge in [-0.05, 0) is 0 Å². The van der Waals surface area contributed by atoms with Crippen molar-refractivity contribution in [3.8, 4) is 0 Å². The van der Waals surface area contributed by atoms with Gasteiger partial charge in [0.2, 0.25) is 0 Å². The summed E-state index contributed by atoms with van der Waals surface area (Å²) in [7, 11) is -4.81. The fourth-order valence-corrected chi connectivity index (χ4v) is 0.221. The van der Waals surface area contributed by atoms with Crippen molar-refractivity contribution in [3.63, 3.8) is 0 Å². The van der Waals surface area contributed by atoms with Crippen LogP contribution in [0.4, 0.5) is 0 Å². The van der Waals surface area contributed by atoms with E-state index in [0.29, 0.717) is 0 Å². The minimum absolute atomic E-state index is 2.19. The molecule has 0 aliphatic heterocycles. The molecule has 0 unspecified atom stereocenters. The van der Waals surface area contributed by atoms with Crippen molar-refractivity contribution in [2.24, 2.45) is 5.28 Å². The van der Waals surface area contributed by atoms with Crippen LogP contribution < -0.4 is 9.71 Å². The monoisotopic (exact) mass is 137 g/mol. The molecule has 0 radical (unpaired) electrons. The average molecular weight is 137 g/mol. The second-order valence-corrected chi connectivity index (χ2v) is 2.10. The van der Waals surface area contributed by atoms with Gasteiger partial charge in [0, 0.05) is 0 Å². The lowest BCUT2D eigenvalue weighted by molar-refractivity contribution is -0.304. The summed E-state index contributed by atoms with van der Waals surface area (Å²) in [6.07, 6.45) is 0. The van der Waals surface area contributed by atoms with E-state index in [9.17, 15) is 4.80 Å². The summed E-state index contributed by atoms with van der Waals surface area (Å²) >= 11 is 0. The second kappa shape index (κ2) is 2.50. The molecule has 3 N–H and O–H groups in total. The standard InChI is InChI=1S/H3N3O4Si/c1-2-3-7-8(4,5)6/h1,4-5H. The Kier molecular flexibility index (Phi) is 2.25. The Morgan fingerprint density at radius 2 is 2.25 bits per heavy atom. The third-order valence-corrected chi connectivity index (χ3v) is 0.520. The molecule has 0 aromatic rings. The van der Waals surface area contributed by atoms with E-state index in [2.05, 4.69) is 14.7 Å². The summed E-state index contributed by atoms with van der Waals surface area (Å²) in [5.41, 5.74) is 5.88. The zero-order chi connectivity index (χ0) is 6.62. The predicted octanol–water partition coefficient (Wildman–Crippen LogP) is -2.75. The average Bonchev–Trinajstić information content (AvgIpc) is 1.59. The summed E-state index contributed by atoms with van der Waals surface area (Å²) < 4.78 is 3.34. The summed E-state index contributed by atoms with van der Waals surface area (Å²) in [6.45, 7) is 0. The Balaban J connectivity index is 3.55. The van der Waals surface area contributed by atoms with Crippen LogP contribution in [0.15, 0.2) is 5.28 Å². The van der Waals surface area contributed by atoms with Gasteiger partial charge in [0.05, 0.1) is 0 Å². The fraction of sp³-hybridized carbons (Fsp3) is 0. The van der Waals surface area contributed by atoms with E-state index in [4.69, 9.17) is 15.1 Å². The van der Waals surface area contributed by atoms with E-state index >= 15 is 0 Å². The van der Waals surface area contributed by atoms with Crippen LogP contribution in [0.3, 0.4) is 0 Å². The van der Waals surface area contributed by atoms with E-state index in [1.54, 1.807) is 0 Å². The molecule has 0 bridgehead atoms. The lowest BCUT2D eigenvalue weighted by Crippen LogP contribution is -2.52. The highest BCUT2D eigenvalue weighted by molar-refractivity contribution is 6.46. The van der Waals surface area contributed by atoms with Crippen LogP contribution in [-0.4, -0.2) is 18.6 Å². The van der Waals surface area contributed by atoms with Gasteiger partial charge in [-0.15, -0.1) is 0 Å². The quantitative estimate of drug-likeness (QED) is 0.165. The molecular formula is H3N3O4Si. The molecule has 0 saturated carbocycles. The number of hydrogen-bond acceptors (Lipinski definition) is 6. The predicted molar refractivity (Wildman–Crippen MR) is 18.6 cm³/mol. The highest BCUT2D eigenvalue weighted by atomic mass is 28.4. The third kappa shape index (κ3) is 5.21. The van der Waals surface area contributed by atoms with Crippen LogP contribution in [0.1, 0.15) is 0 Å². The zero-order valence-electron chi connectivity index (χ0n) is 3.61. The van der Waals surface area contributed by atoms with Gasteiger partial charge in [0.25, 0.3) is 4.91 Å². The largest absolute Gasteiger partial charge is 0.782 e. The second-order valence-electron chi connectivity index (χ2n) is 0.821. The van der Waals surface area contributed by atoms with Gasteiger partial charge in [0.15, 0.2) is 0 Å². The molecule has 0 spiro atoms. The van der Waals surface area contributed by atoms with Gasteiger partial charge in [-0.2, -0.15) is 0 Å². The Labute approximate surface area is 44.8 Å². The molecule has 0 aromatic heterocycles. The van der Waals surface area contributed by atoms with Crippen molar-refractivity contribution in [1.29, 1.82) is 5.53 Å². The maximum Gasteiger partial charge on any atom is 0.510 e. The van der Waals surface area contributed by atoms with Gasteiger partial charge in [0.1, 0.15) is 5.53 Å². The zero-order valence-corrected chi connectivity index (χ0v) is 4.61. The topological polar surface area (TPSA) is 123 Å². The molecule has 0 aromatic carbocycles. The van der Waals surface area contributed by atoms with Crippen LogP contribution in [0, 0.1) is 5.53 Å². The van der Waals surface area contributed by atoms with Crippen molar-refractivity contribution in [3.05, 3.63) is 0 Å². The molecule has 0 saturated heterocycles. The normalized spacial score (nSPS) is 9.88. The van der Waals surface area contributed by atoms with E-state index < -0.39 is 9.05 Å². The minimum Gasteiger partial charge on any atom is -0.782 e. The first-order chi connectivity index (χ1) is 3.56. The van der Waals surface area contributed by atoms with Crippen LogP contribution in [0.25, 0.3) is 0 Å². The molecule has 0 atom stereocenters. The first kappa shape index (κ1) is 7.21. The Bertz CT molecular complexity index is 109. The molecule has 0 aliphatic carbocycles. The highest BCUT2D eigenvalue weighted by Gasteiger charge is 2.17. The molecule has 0 heterocycles. The Morgan fingerprint density at radius 1 is 1.75 bits per heavy atom. The van der Waals surface area contributed by atoms with Crippen molar-refractivity contribution in [2.45, 2.75) is 0 Å². The van der Waals surface area contributed by atoms with Gasteiger partial charge < -0.3 is 18.9 Å². The molecule has 7 nitrogen and oxygen atoms in total. The number of nitrogens with zero attached hydrogens (tertiary/aromatic N) is 2. The van der Waals surface area contributed by atoms with Crippen molar-refractivity contribution in [1.82, 2.24) is 4.91 Å². The fourth-order valence-electron chi connectivity index (χ4n) is 0.0736. The summed E-state index contributed by atoms with van der Waals surface area (Å²) in [5, 5.41) is 2.28. The third-order valence-electron chi connectivity index (χ3n) is 0.201. The van der Waals surface area contributed by atoms with Crippen molar-refractivity contribution in [2.75, 3.05) is 0 Å². The van der Waals surface area contributed by atoms with Crippen LogP contribution in [0.2, 0.25) is 0 Å². The van der Waals surface area contributed by atoms with Gasteiger partial charge in [-0.1, -0.05) is 0 Å². The molecule has 0 aliphatic rings. The number of nitrogens with one attached hydrogen (secondary N) is 1. The van der Waals surface area contributed by atoms with E-state index in [-0.39, 0.29) is 0 Å². The smallest absolute Gasteiger partial charge is 0.510 e. The number of hydrogen-bond donors (Lipinski definition) is 3. The SMILES string of the molecule is N=[N+]=NO[Si]([O-])(O)O. The minimum atomic E-state index is -4.81. The van der Waals surface area contributed by atoms with Crippen LogP contribution >= 0.6 is 0 Å².